The van der Waals surface area contributed by atoms with Gasteiger partial charge in [0, 0.05) is 44.0 Å². The molecule has 1 fully saturated rings. The van der Waals surface area contributed by atoms with Crippen molar-refractivity contribution in [1.29, 1.82) is 0 Å². The van der Waals surface area contributed by atoms with Gasteiger partial charge in [-0.2, -0.15) is 0 Å². The first-order valence-corrected chi connectivity index (χ1v) is 13.0. The minimum Gasteiger partial charge on any atom is -0.454 e. The Balaban J connectivity index is 1.17. The molecule has 1 N–H and O–H groups in total. The number of nitrogens with one attached hydrogen (secondary N) is 1. The Morgan fingerprint density at radius 3 is 2.29 bits per heavy atom. The van der Waals surface area contributed by atoms with Gasteiger partial charge in [0.25, 0.3) is 15.9 Å². The summed E-state index contributed by atoms with van der Waals surface area (Å²) < 4.78 is 38.8. The maximum Gasteiger partial charge on any atom is 0.261 e. The lowest BCUT2D eigenvalue weighted by molar-refractivity contribution is 0.0628. The quantitative estimate of drug-likeness (QED) is 0.566. The summed E-state index contributed by atoms with van der Waals surface area (Å²) in [5, 5.41) is 0. The number of sulfonamides is 1. The van der Waals surface area contributed by atoms with E-state index in [9.17, 15) is 13.2 Å². The minimum atomic E-state index is -3.73. The number of benzene rings is 3. The maximum atomic E-state index is 13.0. The van der Waals surface area contributed by atoms with E-state index in [2.05, 4.69) is 9.62 Å². The second kappa shape index (κ2) is 9.59. The van der Waals surface area contributed by atoms with Gasteiger partial charge in [0.15, 0.2) is 11.5 Å². The number of ether oxygens (including phenoxy) is 2. The number of carbonyl (C=O) groups excluding carboxylic acids is 1. The number of piperazine rings is 1. The standard InChI is InChI=1S/C26H27N3O5S/c1-19-2-7-22(8-3-19)27-35(31,32)23-9-5-21(6-10-23)26(30)29-14-12-28(13-15-29)17-20-4-11-24-25(16-20)34-18-33-24/h2-11,16,27H,12-15,17-18H2,1H3. The number of hydrogen-bond donors (Lipinski definition) is 1. The number of nitrogens with zero attached hydrogens (tertiary/aromatic N) is 2. The van der Waals surface area contributed by atoms with Crippen molar-refractivity contribution in [3.8, 4) is 11.5 Å². The number of rotatable bonds is 6. The summed E-state index contributed by atoms with van der Waals surface area (Å²) in [6, 6.07) is 19.2. The number of fused-ring (bicyclic) bond motifs is 1. The molecule has 9 heteroatoms. The van der Waals surface area contributed by atoms with Gasteiger partial charge in [0.1, 0.15) is 0 Å². The Morgan fingerprint density at radius 1 is 0.886 bits per heavy atom. The highest BCUT2D eigenvalue weighted by Crippen LogP contribution is 2.33. The van der Waals surface area contributed by atoms with Crippen LogP contribution in [0.25, 0.3) is 0 Å². The predicted molar refractivity (Wildman–Crippen MR) is 132 cm³/mol. The molecular weight excluding hydrogens is 466 g/mol. The number of hydrogen-bond acceptors (Lipinski definition) is 6. The van der Waals surface area contributed by atoms with E-state index in [1.807, 2.05) is 42.2 Å². The van der Waals surface area contributed by atoms with Crippen LogP contribution in [0.2, 0.25) is 0 Å². The molecular formula is C26H27N3O5S. The van der Waals surface area contributed by atoms with E-state index in [1.54, 1.807) is 24.3 Å². The Bertz CT molecular complexity index is 1320. The Hall–Kier alpha value is -3.56. The van der Waals surface area contributed by atoms with Crippen LogP contribution in [-0.4, -0.2) is 57.1 Å². The van der Waals surface area contributed by atoms with Crippen molar-refractivity contribution in [2.45, 2.75) is 18.4 Å². The molecule has 1 saturated heterocycles. The van der Waals surface area contributed by atoms with Crippen LogP contribution < -0.4 is 14.2 Å². The Labute approximate surface area is 205 Å². The van der Waals surface area contributed by atoms with Gasteiger partial charge in [-0.05, 0) is 61.0 Å². The molecule has 3 aromatic carbocycles. The van der Waals surface area contributed by atoms with E-state index < -0.39 is 10.0 Å². The molecule has 0 atom stereocenters. The molecule has 0 aliphatic carbocycles. The number of anilines is 1. The molecule has 0 unspecified atom stereocenters. The summed E-state index contributed by atoms with van der Waals surface area (Å²) in [7, 11) is -3.73. The van der Waals surface area contributed by atoms with Crippen molar-refractivity contribution in [2.24, 2.45) is 0 Å². The summed E-state index contributed by atoms with van der Waals surface area (Å²) >= 11 is 0. The van der Waals surface area contributed by atoms with Crippen LogP contribution in [0.4, 0.5) is 5.69 Å². The normalized spacial score (nSPS) is 15.7. The first kappa shape index (κ1) is 23.2. The zero-order chi connectivity index (χ0) is 24.4. The molecule has 35 heavy (non-hydrogen) atoms. The largest absolute Gasteiger partial charge is 0.454 e. The van der Waals surface area contributed by atoms with Crippen molar-refractivity contribution >= 4 is 21.6 Å². The second-order valence-electron chi connectivity index (χ2n) is 8.75. The van der Waals surface area contributed by atoms with Crippen molar-refractivity contribution in [3.63, 3.8) is 0 Å². The molecule has 2 heterocycles. The monoisotopic (exact) mass is 493 g/mol. The molecule has 5 rings (SSSR count). The first-order valence-electron chi connectivity index (χ1n) is 11.5. The lowest BCUT2D eigenvalue weighted by atomic mass is 10.1. The fourth-order valence-electron chi connectivity index (χ4n) is 4.20. The zero-order valence-electron chi connectivity index (χ0n) is 19.4. The smallest absolute Gasteiger partial charge is 0.261 e. The summed E-state index contributed by atoms with van der Waals surface area (Å²) in [6.07, 6.45) is 0. The highest BCUT2D eigenvalue weighted by atomic mass is 32.2. The van der Waals surface area contributed by atoms with Crippen molar-refractivity contribution in [1.82, 2.24) is 9.80 Å². The van der Waals surface area contributed by atoms with Crippen molar-refractivity contribution in [2.75, 3.05) is 37.7 Å². The lowest BCUT2D eigenvalue weighted by Crippen LogP contribution is -2.48. The van der Waals surface area contributed by atoms with Gasteiger partial charge in [-0.1, -0.05) is 23.8 Å². The van der Waals surface area contributed by atoms with Gasteiger partial charge < -0.3 is 14.4 Å². The van der Waals surface area contributed by atoms with Crippen LogP contribution in [-0.2, 0) is 16.6 Å². The molecule has 0 radical (unpaired) electrons. The van der Waals surface area contributed by atoms with Gasteiger partial charge in [-0.25, -0.2) is 8.42 Å². The van der Waals surface area contributed by atoms with Crippen LogP contribution in [0.15, 0.2) is 71.6 Å². The van der Waals surface area contributed by atoms with Gasteiger partial charge in [0.2, 0.25) is 6.79 Å². The van der Waals surface area contributed by atoms with Gasteiger partial charge in [-0.3, -0.25) is 14.4 Å². The summed E-state index contributed by atoms with van der Waals surface area (Å²) in [4.78, 5) is 17.2. The second-order valence-corrected chi connectivity index (χ2v) is 10.4. The number of carbonyl (C=O) groups is 1. The van der Waals surface area contributed by atoms with Crippen LogP contribution in [0, 0.1) is 6.92 Å². The first-order chi connectivity index (χ1) is 16.9. The molecule has 3 aromatic rings. The van der Waals surface area contributed by atoms with E-state index in [1.165, 1.54) is 12.1 Å². The van der Waals surface area contributed by atoms with E-state index in [0.717, 1.165) is 42.3 Å². The molecule has 1 amide bonds. The highest BCUT2D eigenvalue weighted by Gasteiger charge is 2.24. The Kier molecular flexibility index (Phi) is 6.36. The van der Waals surface area contributed by atoms with E-state index >= 15 is 0 Å². The average molecular weight is 494 g/mol. The third-order valence-electron chi connectivity index (χ3n) is 6.22. The molecule has 0 aromatic heterocycles. The summed E-state index contributed by atoms with van der Waals surface area (Å²) in [5.74, 6) is 1.45. The van der Waals surface area contributed by atoms with E-state index in [-0.39, 0.29) is 17.6 Å². The predicted octanol–water partition coefficient (Wildman–Crippen LogP) is 3.48. The van der Waals surface area contributed by atoms with Crippen LogP contribution in [0.1, 0.15) is 21.5 Å². The van der Waals surface area contributed by atoms with Crippen LogP contribution >= 0.6 is 0 Å². The zero-order valence-corrected chi connectivity index (χ0v) is 20.3. The fraction of sp³-hybridized carbons (Fsp3) is 0.269. The fourth-order valence-corrected chi connectivity index (χ4v) is 5.26. The van der Waals surface area contributed by atoms with E-state index in [0.29, 0.717) is 24.3 Å². The SMILES string of the molecule is Cc1ccc(NS(=O)(=O)c2ccc(C(=O)N3CCN(Cc4ccc5c(c4)OCO5)CC3)cc2)cc1. The lowest BCUT2D eigenvalue weighted by Gasteiger charge is -2.34. The van der Waals surface area contributed by atoms with Crippen molar-refractivity contribution in [3.05, 3.63) is 83.4 Å². The summed E-state index contributed by atoms with van der Waals surface area (Å²) in [5.41, 5.74) is 3.16. The molecule has 182 valence electrons. The molecule has 2 aliphatic heterocycles. The third kappa shape index (κ3) is 5.26. The molecule has 0 bridgehead atoms. The van der Waals surface area contributed by atoms with Gasteiger partial charge in [-0.15, -0.1) is 0 Å². The van der Waals surface area contributed by atoms with Gasteiger partial charge >= 0.3 is 0 Å². The Morgan fingerprint density at radius 2 is 1.57 bits per heavy atom. The topological polar surface area (TPSA) is 88.2 Å². The molecule has 8 nitrogen and oxygen atoms in total. The summed E-state index contributed by atoms with van der Waals surface area (Å²) in [6.45, 7) is 5.71. The van der Waals surface area contributed by atoms with Crippen LogP contribution in [0.5, 0.6) is 11.5 Å². The highest BCUT2D eigenvalue weighted by molar-refractivity contribution is 7.92. The molecule has 0 saturated carbocycles. The molecule has 0 spiro atoms. The van der Waals surface area contributed by atoms with Gasteiger partial charge in [0.05, 0.1) is 4.90 Å². The average Bonchev–Trinajstić information content (AvgIpc) is 3.33. The van der Waals surface area contributed by atoms with E-state index in [4.69, 9.17) is 9.47 Å². The maximum absolute atomic E-state index is 13.0. The number of aryl methyl sites for hydroxylation is 1. The van der Waals surface area contributed by atoms with Crippen LogP contribution in [0.3, 0.4) is 0 Å². The minimum absolute atomic E-state index is 0.0943. The molecule has 2 aliphatic rings. The van der Waals surface area contributed by atoms with Crippen molar-refractivity contribution < 1.29 is 22.7 Å². The third-order valence-corrected chi connectivity index (χ3v) is 7.62. The number of amides is 1.